The van der Waals surface area contributed by atoms with Crippen molar-refractivity contribution in [3.05, 3.63) is 59.7 Å². The lowest BCUT2D eigenvalue weighted by Gasteiger charge is -2.29. The Morgan fingerprint density at radius 3 is 1.86 bits per heavy atom. The number of carbonyl (C=O) groups is 4. The third-order valence-corrected chi connectivity index (χ3v) is 6.46. The molecule has 0 aliphatic rings. The van der Waals surface area contributed by atoms with Gasteiger partial charge in [-0.1, -0.05) is 51.0 Å². The second-order valence-corrected chi connectivity index (χ2v) is 10.5. The standard InChI is InChI=1S/C32H43NO10/c1-7-12-21(3)40-30(36)42-26-17-16-24(18-27(26)43-31(37)41-22(4)13-8-2)20-32(33,29(35)38-6)19-23(5)39-28(34)25-14-10-9-11-15-25/h9-11,14-18,21-23H,7-8,12-13,19-20,33H2,1-6H3/t21?,22?,23-,32?/m0/s1. The predicted octanol–water partition coefficient (Wildman–Crippen LogP) is 6.14. The molecule has 11 heteroatoms. The molecule has 4 atom stereocenters. The lowest BCUT2D eigenvalue weighted by molar-refractivity contribution is -0.148. The summed E-state index contributed by atoms with van der Waals surface area (Å²) in [4.78, 5) is 50.4. The van der Waals surface area contributed by atoms with Gasteiger partial charge in [-0.2, -0.15) is 0 Å². The molecular formula is C32H43NO10. The normalized spacial score (nSPS) is 14.3. The van der Waals surface area contributed by atoms with Gasteiger partial charge >= 0.3 is 24.2 Å². The van der Waals surface area contributed by atoms with Gasteiger partial charge in [0, 0.05) is 12.8 Å². The van der Waals surface area contributed by atoms with Gasteiger partial charge in [0.25, 0.3) is 0 Å². The molecule has 2 aromatic rings. The van der Waals surface area contributed by atoms with Crippen LogP contribution in [0.2, 0.25) is 0 Å². The lowest BCUT2D eigenvalue weighted by atomic mass is 9.86. The van der Waals surface area contributed by atoms with Gasteiger partial charge in [-0.3, -0.25) is 4.79 Å². The number of hydrogen-bond acceptors (Lipinski definition) is 11. The Bertz CT molecular complexity index is 1220. The maximum absolute atomic E-state index is 12.9. The van der Waals surface area contributed by atoms with Crippen molar-refractivity contribution in [3.8, 4) is 11.5 Å². The average molecular weight is 602 g/mol. The van der Waals surface area contributed by atoms with Gasteiger partial charge < -0.3 is 34.2 Å². The molecular weight excluding hydrogens is 558 g/mol. The SMILES string of the molecule is CCCC(C)OC(=O)Oc1ccc(CC(N)(C[C@H](C)OC(=O)c2ccccc2)C(=O)OC)cc1OC(=O)OC(C)CCC. The fraction of sp³-hybridized carbons (Fsp3) is 0.500. The summed E-state index contributed by atoms with van der Waals surface area (Å²) >= 11 is 0. The largest absolute Gasteiger partial charge is 0.514 e. The molecule has 0 aromatic heterocycles. The Morgan fingerprint density at radius 1 is 0.767 bits per heavy atom. The van der Waals surface area contributed by atoms with Crippen molar-refractivity contribution in [1.29, 1.82) is 0 Å². The van der Waals surface area contributed by atoms with E-state index in [0.717, 1.165) is 12.8 Å². The van der Waals surface area contributed by atoms with Gasteiger partial charge in [0.15, 0.2) is 11.5 Å². The molecule has 0 saturated carbocycles. The third-order valence-electron chi connectivity index (χ3n) is 6.46. The van der Waals surface area contributed by atoms with Gasteiger partial charge in [0.05, 0.1) is 12.7 Å². The molecule has 0 saturated heterocycles. The van der Waals surface area contributed by atoms with Crippen molar-refractivity contribution in [3.63, 3.8) is 0 Å². The Hall–Kier alpha value is -4.12. The van der Waals surface area contributed by atoms with Gasteiger partial charge in [-0.25, -0.2) is 14.4 Å². The van der Waals surface area contributed by atoms with E-state index in [2.05, 4.69) is 0 Å². The number of benzene rings is 2. The number of methoxy groups -OCH3 is 1. The van der Waals surface area contributed by atoms with E-state index in [1.54, 1.807) is 57.2 Å². The highest BCUT2D eigenvalue weighted by Crippen LogP contribution is 2.32. The molecule has 0 heterocycles. The first kappa shape index (κ1) is 35.1. The molecule has 0 aliphatic carbocycles. The monoisotopic (exact) mass is 601 g/mol. The summed E-state index contributed by atoms with van der Waals surface area (Å²) in [5.41, 5.74) is 5.72. The van der Waals surface area contributed by atoms with E-state index in [1.807, 2.05) is 13.8 Å². The zero-order chi connectivity index (χ0) is 32.0. The van der Waals surface area contributed by atoms with Crippen LogP contribution in [0.15, 0.2) is 48.5 Å². The van der Waals surface area contributed by atoms with Crippen molar-refractivity contribution >= 4 is 24.2 Å². The molecule has 3 unspecified atom stereocenters. The maximum Gasteiger partial charge on any atom is 0.514 e. The lowest BCUT2D eigenvalue weighted by Crippen LogP contribution is -2.53. The van der Waals surface area contributed by atoms with Crippen molar-refractivity contribution in [2.45, 2.75) is 97.0 Å². The first-order valence-electron chi connectivity index (χ1n) is 14.4. The van der Waals surface area contributed by atoms with Gasteiger partial charge in [-0.15, -0.1) is 0 Å². The molecule has 0 spiro atoms. The molecule has 2 rings (SSSR count). The zero-order valence-corrected chi connectivity index (χ0v) is 25.8. The highest BCUT2D eigenvalue weighted by Gasteiger charge is 2.38. The number of nitrogens with two attached hydrogens (primary N) is 1. The van der Waals surface area contributed by atoms with E-state index in [-0.39, 0.29) is 30.4 Å². The van der Waals surface area contributed by atoms with Crippen LogP contribution in [0.25, 0.3) is 0 Å². The quantitative estimate of drug-likeness (QED) is 0.142. The topological polar surface area (TPSA) is 150 Å². The minimum Gasteiger partial charge on any atom is -0.468 e. The van der Waals surface area contributed by atoms with Crippen LogP contribution in [0, 0.1) is 0 Å². The number of carbonyl (C=O) groups excluding carboxylic acids is 4. The van der Waals surface area contributed by atoms with Crippen molar-refractivity contribution in [1.82, 2.24) is 0 Å². The second kappa shape index (κ2) is 17.1. The summed E-state index contributed by atoms with van der Waals surface area (Å²) in [6.07, 6.45) is -0.801. The van der Waals surface area contributed by atoms with Crippen molar-refractivity contribution in [2.75, 3.05) is 7.11 Å². The molecule has 0 bridgehead atoms. The van der Waals surface area contributed by atoms with E-state index in [4.69, 9.17) is 34.2 Å². The first-order valence-corrected chi connectivity index (χ1v) is 14.4. The van der Waals surface area contributed by atoms with Crippen LogP contribution < -0.4 is 15.2 Å². The molecule has 0 aliphatic heterocycles. The predicted molar refractivity (Wildman–Crippen MR) is 158 cm³/mol. The van der Waals surface area contributed by atoms with E-state index in [1.165, 1.54) is 19.2 Å². The molecule has 236 valence electrons. The highest BCUT2D eigenvalue weighted by atomic mass is 16.7. The van der Waals surface area contributed by atoms with Gasteiger partial charge in [0.2, 0.25) is 0 Å². The summed E-state index contributed by atoms with van der Waals surface area (Å²) in [5.74, 6) is -1.53. The third kappa shape index (κ3) is 11.6. The number of esters is 2. The van der Waals surface area contributed by atoms with Crippen LogP contribution >= 0.6 is 0 Å². The van der Waals surface area contributed by atoms with E-state index in [9.17, 15) is 19.2 Å². The summed E-state index contributed by atoms with van der Waals surface area (Å²) in [6, 6.07) is 12.8. The van der Waals surface area contributed by atoms with Crippen LogP contribution in [-0.4, -0.2) is 55.2 Å². The molecule has 0 fully saturated rings. The van der Waals surface area contributed by atoms with Crippen molar-refractivity contribution < 1.29 is 47.6 Å². The van der Waals surface area contributed by atoms with Crippen LogP contribution in [0.3, 0.4) is 0 Å². The summed E-state index contributed by atoms with van der Waals surface area (Å²) in [6.45, 7) is 9.01. The molecule has 0 amide bonds. The second-order valence-electron chi connectivity index (χ2n) is 10.5. The smallest absolute Gasteiger partial charge is 0.468 e. The van der Waals surface area contributed by atoms with Crippen LogP contribution in [-0.2, 0) is 30.2 Å². The summed E-state index contributed by atoms with van der Waals surface area (Å²) in [5, 5.41) is 0. The number of ether oxygens (including phenoxy) is 6. The Labute approximate surface area is 252 Å². The van der Waals surface area contributed by atoms with Gasteiger partial charge in [0.1, 0.15) is 23.9 Å². The van der Waals surface area contributed by atoms with Crippen LogP contribution in [0.4, 0.5) is 9.59 Å². The zero-order valence-electron chi connectivity index (χ0n) is 25.8. The minimum atomic E-state index is -1.63. The number of rotatable bonds is 15. The fourth-order valence-corrected chi connectivity index (χ4v) is 4.49. The first-order chi connectivity index (χ1) is 20.4. The highest BCUT2D eigenvalue weighted by molar-refractivity contribution is 5.89. The van der Waals surface area contributed by atoms with E-state index < -0.39 is 42.0 Å². The molecule has 11 nitrogen and oxygen atoms in total. The fourth-order valence-electron chi connectivity index (χ4n) is 4.49. The minimum absolute atomic E-state index is 0.0785. The maximum atomic E-state index is 12.9. The van der Waals surface area contributed by atoms with Crippen molar-refractivity contribution in [2.24, 2.45) is 5.73 Å². The summed E-state index contributed by atoms with van der Waals surface area (Å²) < 4.78 is 31.8. The Morgan fingerprint density at radius 2 is 1.33 bits per heavy atom. The Balaban J connectivity index is 2.30. The average Bonchev–Trinajstić information content (AvgIpc) is 2.94. The van der Waals surface area contributed by atoms with E-state index >= 15 is 0 Å². The van der Waals surface area contributed by atoms with Crippen LogP contribution in [0.1, 0.15) is 82.6 Å². The molecule has 0 radical (unpaired) electrons. The molecule has 2 aromatic carbocycles. The van der Waals surface area contributed by atoms with Crippen LogP contribution in [0.5, 0.6) is 11.5 Å². The molecule has 2 N–H and O–H groups in total. The number of hydrogen-bond donors (Lipinski definition) is 1. The van der Waals surface area contributed by atoms with E-state index in [0.29, 0.717) is 24.0 Å². The molecule has 43 heavy (non-hydrogen) atoms. The Kier molecular flexibility index (Phi) is 14.0. The summed E-state index contributed by atoms with van der Waals surface area (Å²) in [7, 11) is 1.20. The van der Waals surface area contributed by atoms with Gasteiger partial charge in [-0.05, 0) is 63.4 Å².